The van der Waals surface area contributed by atoms with Gasteiger partial charge in [0.15, 0.2) is 5.78 Å². The average Bonchev–Trinajstić information content (AvgIpc) is 2.03. The molecule has 0 heterocycles. The summed E-state index contributed by atoms with van der Waals surface area (Å²) in [6, 6.07) is 0. The van der Waals surface area contributed by atoms with Crippen molar-refractivity contribution in [3.8, 4) is 0 Å². The number of hydrogen-bond donors (Lipinski definition) is 1. The van der Waals surface area contributed by atoms with Crippen LogP contribution < -0.4 is 0 Å². The molecule has 0 fully saturated rings. The minimum Gasteiger partial charge on any atom is -0.382 e. The van der Waals surface area contributed by atoms with Gasteiger partial charge in [-0.05, 0) is 39.2 Å². The number of aliphatic hydroxyl groups is 1. The highest BCUT2D eigenvalue weighted by Crippen LogP contribution is 2.22. The van der Waals surface area contributed by atoms with Gasteiger partial charge in [-0.3, -0.25) is 4.79 Å². The molecular formula is C11H16O2. The quantitative estimate of drug-likeness (QED) is 0.705. The van der Waals surface area contributed by atoms with Gasteiger partial charge in [-0.1, -0.05) is 17.7 Å². The minimum absolute atomic E-state index is 0.156. The second kappa shape index (κ2) is 3.46. The zero-order chi connectivity index (χ0) is 10.1. The van der Waals surface area contributed by atoms with Gasteiger partial charge in [0, 0.05) is 0 Å². The second-order valence-electron chi connectivity index (χ2n) is 4.09. The normalized spacial score (nSPS) is 17.8. The lowest BCUT2D eigenvalue weighted by Crippen LogP contribution is -2.32. The van der Waals surface area contributed by atoms with E-state index in [1.165, 1.54) is 19.4 Å². The fraction of sp³-hybridized carbons (Fsp3) is 0.545. The average molecular weight is 180 g/mol. The zero-order valence-electron chi connectivity index (χ0n) is 8.42. The molecule has 1 aliphatic carbocycles. The van der Waals surface area contributed by atoms with Crippen molar-refractivity contribution < 1.29 is 9.90 Å². The predicted molar refractivity (Wildman–Crippen MR) is 52.4 cm³/mol. The molecule has 0 atom stereocenters. The largest absolute Gasteiger partial charge is 0.382 e. The molecule has 0 saturated heterocycles. The molecule has 1 N–H and O–H groups in total. The van der Waals surface area contributed by atoms with Crippen LogP contribution in [-0.4, -0.2) is 16.5 Å². The van der Waals surface area contributed by atoms with Crippen molar-refractivity contribution in [1.29, 1.82) is 0 Å². The van der Waals surface area contributed by atoms with Gasteiger partial charge in [-0.15, -0.1) is 0 Å². The predicted octanol–water partition coefficient (Wildman–Crippen LogP) is 1.99. The zero-order valence-corrected chi connectivity index (χ0v) is 8.42. The Labute approximate surface area is 79.0 Å². The van der Waals surface area contributed by atoms with Gasteiger partial charge in [-0.25, -0.2) is 0 Å². The summed E-state index contributed by atoms with van der Waals surface area (Å²) < 4.78 is 0. The Bertz CT molecular complexity index is 277. The third kappa shape index (κ3) is 2.52. The molecule has 0 bridgehead atoms. The van der Waals surface area contributed by atoms with E-state index in [0.717, 1.165) is 18.4 Å². The van der Waals surface area contributed by atoms with Crippen molar-refractivity contribution in [2.45, 2.75) is 39.2 Å². The van der Waals surface area contributed by atoms with E-state index in [1.807, 2.05) is 19.1 Å². The first-order chi connectivity index (χ1) is 5.91. The maximum absolute atomic E-state index is 11.6. The van der Waals surface area contributed by atoms with E-state index in [-0.39, 0.29) is 5.78 Å². The van der Waals surface area contributed by atoms with Gasteiger partial charge in [0.1, 0.15) is 5.60 Å². The third-order valence-electron chi connectivity index (χ3n) is 2.21. The van der Waals surface area contributed by atoms with Crippen LogP contribution >= 0.6 is 0 Å². The highest BCUT2D eigenvalue weighted by Gasteiger charge is 2.27. The molecule has 1 aliphatic rings. The van der Waals surface area contributed by atoms with E-state index in [0.29, 0.717) is 0 Å². The first kappa shape index (κ1) is 10.2. The fourth-order valence-electron chi connectivity index (χ4n) is 1.32. The molecule has 2 nitrogen and oxygen atoms in total. The lowest BCUT2D eigenvalue weighted by Gasteiger charge is -2.19. The van der Waals surface area contributed by atoms with Gasteiger partial charge in [0.05, 0.1) is 0 Å². The van der Waals surface area contributed by atoms with Crippen LogP contribution in [0.1, 0.15) is 33.6 Å². The van der Waals surface area contributed by atoms with E-state index in [9.17, 15) is 9.90 Å². The van der Waals surface area contributed by atoms with Gasteiger partial charge < -0.3 is 5.11 Å². The van der Waals surface area contributed by atoms with Crippen molar-refractivity contribution in [3.05, 3.63) is 23.3 Å². The number of hydrogen-bond acceptors (Lipinski definition) is 2. The molecule has 0 radical (unpaired) electrons. The topological polar surface area (TPSA) is 37.3 Å². The SMILES string of the molecule is CC1=CC=C(C(=O)C(C)(C)O)CC1. The lowest BCUT2D eigenvalue weighted by atomic mass is 9.89. The number of ketones is 1. The highest BCUT2D eigenvalue weighted by molar-refractivity contribution is 6.01. The molecule has 0 aromatic rings. The molecule has 72 valence electrons. The maximum Gasteiger partial charge on any atom is 0.189 e. The highest BCUT2D eigenvalue weighted by atomic mass is 16.3. The van der Waals surface area contributed by atoms with Crippen LogP contribution in [0.2, 0.25) is 0 Å². The van der Waals surface area contributed by atoms with E-state index >= 15 is 0 Å². The number of Topliss-reactive ketones (excluding diaryl/α,β-unsaturated/α-hetero) is 1. The van der Waals surface area contributed by atoms with E-state index in [1.54, 1.807) is 0 Å². The lowest BCUT2D eigenvalue weighted by molar-refractivity contribution is -0.130. The van der Waals surface area contributed by atoms with Crippen molar-refractivity contribution in [2.24, 2.45) is 0 Å². The molecule has 13 heavy (non-hydrogen) atoms. The Balaban J connectivity index is 2.81. The van der Waals surface area contributed by atoms with Crippen LogP contribution in [0.4, 0.5) is 0 Å². The summed E-state index contributed by atoms with van der Waals surface area (Å²) in [5.74, 6) is -0.156. The van der Waals surface area contributed by atoms with Crippen molar-refractivity contribution in [3.63, 3.8) is 0 Å². The second-order valence-corrected chi connectivity index (χ2v) is 4.09. The van der Waals surface area contributed by atoms with E-state index in [4.69, 9.17) is 0 Å². The third-order valence-corrected chi connectivity index (χ3v) is 2.21. The summed E-state index contributed by atoms with van der Waals surface area (Å²) in [5, 5.41) is 9.49. The number of allylic oxidation sites excluding steroid dienone is 3. The molecule has 0 amide bonds. The van der Waals surface area contributed by atoms with Gasteiger partial charge >= 0.3 is 0 Å². The Morgan fingerprint density at radius 3 is 2.38 bits per heavy atom. The summed E-state index contributed by atoms with van der Waals surface area (Å²) in [4.78, 5) is 11.6. The molecule has 0 aromatic carbocycles. The Morgan fingerprint density at radius 1 is 1.38 bits per heavy atom. The Morgan fingerprint density at radius 2 is 2.00 bits per heavy atom. The summed E-state index contributed by atoms with van der Waals surface area (Å²) in [6.07, 6.45) is 5.44. The molecule has 2 heteroatoms. The summed E-state index contributed by atoms with van der Waals surface area (Å²) in [6.45, 7) is 5.10. The Hall–Kier alpha value is -0.890. The molecular weight excluding hydrogens is 164 g/mol. The smallest absolute Gasteiger partial charge is 0.189 e. The van der Waals surface area contributed by atoms with Crippen molar-refractivity contribution >= 4 is 5.78 Å². The molecule has 0 spiro atoms. The molecule has 1 rings (SSSR count). The monoisotopic (exact) mass is 180 g/mol. The number of carbonyl (C=O) groups is 1. The van der Waals surface area contributed by atoms with Gasteiger partial charge in [-0.2, -0.15) is 0 Å². The first-order valence-corrected chi connectivity index (χ1v) is 4.55. The number of rotatable bonds is 2. The van der Waals surface area contributed by atoms with Crippen LogP contribution in [0.5, 0.6) is 0 Å². The summed E-state index contributed by atoms with van der Waals surface area (Å²) in [7, 11) is 0. The Kier molecular flexibility index (Phi) is 2.71. The molecule has 0 aliphatic heterocycles. The van der Waals surface area contributed by atoms with Gasteiger partial charge in [0.25, 0.3) is 0 Å². The fourth-order valence-corrected chi connectivity index (χ4v) is 1.32. The molecule has 0 aromatic heterocycles. The number of carbonyl (C=O) groups excluding carboxylic acids is 1. The van der Waals surface area contributed by atoms with Crippen molar-refractivity contribution in [1.82, 2.24) is 0 Å². The standard InChI is InChI=1S/C11H16O2/c1-8-4-6-9(7-5-8)10(12)11(2,3)13/h4,6,13H,5,7H2,1-3H3. The summed E-state index contributed by atoms with van der Waals surface area (Å²) in [5.41, 5.74) is 0.788. The van der Waals surface area contributed by atoms with Crippen LogP contribution in [0.15, 0.2) is 23.3 Å². The minimum atomic E-state index is -1.23. The summed E-state index contributed by atoms with van der Waals surface area (Å²) >= 11 is 0. The van der Waals surface area contributed by atoms with Crippen LogP contribution in [0, 0.1) is 0 Å². The van der Waals surface area contributed by atoms with Crippen LogP contribution in [0.3, 0.4) is 0 Å². The van der Waals surface area contributed by atoms with Crippen LogP contribution in [0.25, 0.3) is 0 Å². The van der Waals surface area contributed by atoms with Gasteiger partial charge in [0.2, 0.25) is 0 Å². The molecule has 0 saturated carbocycles. The first-order valence-electron chi connectivity index (χ1n) is 4.55. The van der Waals surface area contributed by atoms with E-state index < -0.39 is 5.60 Å². The molecule has 0 unspecified atom stereocenters. The maximum atomic E-state index is 11.6. The van der Waals surface area contributed by atoms with Crippen LogP contribution in [-0.2, 0) is 4.79 Å². The van der Waals surface area contributed by atoms with E-state index in [2.05, 4.69) is 0 Å². The van der Waals surface area contributed by atoms with Crippen molar-refractivity contribution in [2.75, 3.05) is 0 Å².